The van der Waals surface area contributed by atoms with Gasteiger partial charge >= 0.3 is 0 Å². The number of sulfonamides is 1. The fourth-order valence-corrected chi connectivity index (χ4v) is 5.36. The van der Waals surface area contributed by atoms with Crippen molar-refractivity contribution in [2.24, 2.45) is 5.92 Å². The first-order chi connectivity index (χ1) is 12.8. The van der Waals surface area contributed by atoms with Crippen LogP contribution >= 0.6 is 11.3 Å². The molecular weight excluding hydrogens is 380 g/mol. The molecule has 0 spiro atoms. The predicted molar refractivity (Wildman–Crippen MR) is 109 cm³/mol. The van der Waals surface area contributed by atoms with E-state index in [2.05, 4.69) is 11.4 Å². The second-order valence-electron chi connectivity index (χ2n) is 7.40. The molecular formula is C20H26N2O3S2. The van der Waals surface area contributed by atoms with Gasteiger partial charge in [-0.25, -0.2) is 8.42 Å². The van der Waals surface area contributed by atoms with Crippen LogP contribution in [0.3, 0.4) is 0 Å². The van der Waals surface area contributed by atoms with Crippen molar-refractivity contribution >= 4 is 27.3 Å². The number of hydrogen-bond acceptors (Lipinski definition) is 4. The summed E-state index contributed by atoms with van der Waals surface area (Å²) in [5.41, 5.74) is 2.21. The van der Waals surface area contributed by atoms with Crippen LogP contribution in [0.15, 0.2) is 41.8 Å². The first-order valence-electron chi connectivity index (χ1n) is 9.13. The van der Waals surface area contributed by atoms with Crippen LogP contribution in [0.4, 0.5) is 0 Å². The van der Waals surface area contributed by atoms with Crippen LogP contribution in [0.2, 0.25) is 0 Å². The zero-order chi connectivity index (χ0) is 19.6. The summed E-state index contributed by atoms with van der Waals surface area (Å²) in [5, 5.41) is 2.07. The smallest absolute Gasteiger partial charge is 0.238 e. The summed E-state index contributed by atoms with van der Waals surface area (Å²) in [7, 11) is -3.44. The summed E-state index contributed by atoms with van der Waals surface area (Å²) in [6, 6.07) is 11.9. The van der Waals surface area contributed by atoms with Crippen LogP contribution in [0.25, 0.3) is 0 Å². The Kier molecular flexibility index (Phi) is 6.03. The van der Waals surface area contributed by atoms with Gasteiger partial charge in [-0.2, -0.15) is 4.31 Å². The van der Waals surface area contributed by atoms with Gasteiger partial charge in [-0.15, -0.1) is 11.3 Å². The first kappa shape index (κ1) is 20.0. The van der Waals surface area contributed by atoms with Crippen LogP contribution < -0.4 is 0 Å². The highest BCUT2D eigenvalue weighted by atomic mass is 32.2. The molecule has 0 aliphatic carbocycles. The second kappa shape index (κ2) is 8.12. The maximum absolute atomic E-state index is 13.2. The van der Waals surface area contributed by atoms with Crippen molar-refractivity contribution in [1.82, 2.24) is 9.21 Å². The van der Waals surface area contributed by atoms with Gasteiger partial charge < -0.3 is 4.90 Å². The first-order valence-corrected chi connectivity index (χ1v) is 11.9. The summed E-state index contributed by atoms with van der Waals surface area (Å²) in [4.78, 5) is 16.3. The number of rotatable bonds is 6. The van der Waals surface area contributed by atoms with E-state index in [9.17, 15) is 13.2 Å². The molecule has 0 saturated carbocycles. The molecule has 3 rings (SSSR count). The lowest BCUT2D eigenvalue weighted by Gasteiger charge is -2.37. The number of amides is 1. The van der Waals surface area contributed by atoms with E-state index in [0.717, 1.165) is 17.5 Å². The molecule has 1 aromatic heterocycles. The summed E-state index contributed by atoms with van der Waals surface area (Å²) >= 11 is 1.72. The Morgan fingerprint density at radius 1 is 1.26 bits per heavy atom. The van der Waals surface area contributed by atoms with Crippen molar-refractivity contribution in [2.45, 2.75) is 26.3 Å². The molecule has 0 unspecified atom stereocenters. The van der Waals surface area contributed by atoms with E-state index in [4.69, 9.17) is 0 Å². The fourth-order valence-electron chi connectivity index (χ4n) is 3.55. The van der Waals surface area contributed by atoms with Crippen LogP contribution in [0.5, 0.6) is 0 Å². The Balaban J connectivity index is 1.91. The zero-order valence-corrected chi connectivity index (χ0v) is 17.6. The third kappa shape index (κ3) is 4.59. The minimum atomic E-state index is -3.44. The number of hydrogen-bond donors (Lipinski definition) is 0. The van der Waals surface area contributed by atoms with Gasteiger partial charge in [-0.1, -0.05) is 44.2 Å². The van der Waals surface area contributed by atoms with Crippen LogP contribution in [-0.2, 0) is 21.2 Å². The van der Waals surface area contributed by atoms with E-state index >= 15 is 0 Å². The Morgan fingerprint density at radius 3 is 2.59 bits per heavy atom. The predicted octanol–water partition coefficient (Wildman–Crippen LogP) is 3.14. The van der Waals surface area contributed by atoms with Gasteiger partial charge in [0.1, 0.15) is 0 Å². The minimum Gasteiger partial charge on any atom is -0.330 e. The van der Waals surface area contributed by atoms with Crippen molar-refractivity contribution in [3.8, 4) is 0 Å². The van der Waals surface area contributed by atoms with Gasteiger partial charge in [-0.05, 0) is 34.9 Å². The average Bonchev–Trinajstić information content (AvgIpc) is 3.08. The molecule has 2 aromatic rings. The highest BCUT2D eigenvalue weighted by molar-refractivity contribution is 7.88. The molecule has 0 fully saturated rings. The average molecular weight is 407 g/mol. The molecule has 27 heavy (non-hydrogen) atoms. The van der Waals surface area contributed by atoms with Gasteiger partial charge in [0.2, 0.25) is 15.9 Å². The summed E-state index contributed by atoms with van der Waals surface area (Å²) in [6.07, 6.45) is 1.98. The summed E-state index contributed by atoms with van der Waals surface area (Å²) in [6.45, 7) is 4.74. The molecule has 5 nitrogen and oxygen atoms in total. The van der Waals surface area contributed by atoms with Gasteiger partial charge in [0.25, 0.3) is 0 Å². The Bertz CT molecular complexity index is 891. The lowest BCUT2D eigenvalue weighted by molar-refractivity contribution is -0.133. The van der Waals surface area contributed by atoms with Crippen LogP contribution in [-0.4, -0.2) is 49.4 Å². The Hall–Kier alpha value is -1.70. The lowest BCUT2D eigenvalue weighted by Crippen LogP contribution is -2.47. The molecule has 1 aliphatic heterocycles. The fraction of sp³-hybridized carbons (Fsp3) is 0.450. The van der Waals surface area contributed by atoms with Crippen molar-refractivity contribution in [3.05, 3.63) is 57.8 Å². The largest absolute Gasteiger partial charge is 0.330 e. The topological polar surface area (TPSA) is 57.7 Å². The highest BCUT2D eigenvalue weighted by Crippen LogP contribution is 2.37. The molecule has 7 heteroatoms. The van der Waals surface area contributed by atoms with E-state index < -0.39 is 10.0 Å². The van der Waals surface area contributed by atoms with Crippen LogP contribution in [0.1, 0.15) is 35.9 Å². The van der Waals surface area contributed by atoms with E-state index in [1.807, 2.05) is 49.1 Å². The minimum absolute atomic E-state index is 0.111. The normalized spacial score (nSPS) is 17.4. The lowest BCUT2D eigenvalue weighted by atomic mass is 9.93. The Morgan fingerprint density at radius 2 is 1.96 bits per heavy atom. The number of benzene rings is 1. The van der Waals surface area contributed by atoms with E-state index in [-0.39, 0.29) is 24.4 Å². The third-order valence-corrected chi connectivity index (χ3v) is 6.96. The molecule has 0 radical (unpaired) electrons. The molecule has 146 valence electrons. The molecule has 1 aromatic carbocycles. The van der Waals surface area contributed by atoms with Gasteiger partial charge in [-0.3, -0.25) is 4.79 Å². The molecule has 1 atom stereocenters. The highest BCUT2D eigenvalue weighted by Gasteiger charge is 2.34. The number of thiophene rings is 1. The van der Waals surface area contributed by atoms with E-state index in [0.29, 0.717) is 13.1 Å². The summed E-state index contributed by atoms with van der Waals surface area (Å²) in [5.74, 6) is 0.00838. The Labute approximate surface area is 165 Å². The van der Waals surface area contributed by atoms with Crippen molar-refractivity contribution < 1.29 is 13.2 Å². The maximum atomic E-state index is 13.2. The summed E-state index contributed by atoms with van der Waals surface area (Å²) < 4.78 is 25.6. The number of carbonyl (C=O) groups is 1. The van der Waals surface area contributed by atoms with Crippen molar-refractivity contribution in [2.75, 3.05) is 25.9 Å². The molecule has 0 N–H and O–H groups in total. The standard InChI is InChI=1S/C20H26N2O3S2/c1-15(2)13-21(27(3,24)25)14-19(23)22-11-9-18-17(10-12-26-18)20(22)16-7-5-4-6-8-16/h4-8,10,12,15,20H,9,11,13-14H2,1-3H3/t20-/m0/s1. The molecule has 0 bridgehead atoms. The monoisotopic (exact) mass is 406 g/mol. The number of nitrogens with zero attached hydrogens (tertiary/aromatic N) is 2. The molecule has 2 heterocycles. The number of fused-ring (bicyclic) bond motifs is 1. The van der Waals surface area contributed by atoms with E-state index in [1.165, 1.54) is 15.4 Å². The van der Waals surface area contributed by atoms with Crippen molar-refractivity contribution in [3.63, 3.8) is 0 Å². The van der Waals surface area contributed by atoms with Gasteiger partial charge in [0.15, 0.2) is 0 Å². The zero-order valence-electron chi connectivity index (χ0n) is 16.0. The SMILES string of the molecule is CC(C)CN(CC(=O)N1CCc2sccc2[C@@H]1c1ccccc1)S(C)(=O)=O. The van der Waals surface area contributed by atoms with E-state index in [1.54, 1.807) is 11.3 Å². The molecule has 0 saturated heterocycles. The molecule has 1 aliphatic rings. The second-order valence-corrected chi connectivity index (χ2v) is 10.4. The van der Waals surface area contributed by atoms with Gasteiger partial charge in [0.05, 0.1) is 18.8 Å². The maximum Gasteiger partial charge on any atom is 0.238 e. The third-order valence-electron chi connectivity index (χ3n) is 4.75. The molecule has 1 amide bonds. The van der Waals surface area contributed by atoms with Crippen LogP contribution in [0, 0.1) is 5.92 Å². The quantitative estimate of drug-likeness (QED) is 0.741. The van der Waals surface area contributed by atoms with Gasteiger partial charge in [0, 0.05) is 18.0 Å². The number of carbonyl (C=O) groups excluding carboxylic acids is 1. The van der Waals surface area contributed by atoms with Crippen molar-refractivity contribution in [1.29, 1.82) is 0 Å².